The molecule has 21 heavy (non-hydrogen) atoms. The van der Waals surface area contributed by atoms with Crippen LogP contribution in [-0.4, -0.2) is 18.9 Å². The lowest BCUT2D eigenvalue weighted by molar-refractivity contribution is -0.142. The molecular formula is C15H18FNO3S. The number of ketones is 1. The van der Waals surface area contributed by atoms with Crippen molar-refractivity contribution in [3.05, 3.63) is 40.6 Å². The van der Waals surface area contributed by atoms with Crippen molar-refractivity contribution < 1.29 is 18.7 Å². The third-order valence-corrected chi connectivity index (χ3v) is 3.60. The number of benzene rings is 1. The highest BCUT2D eigenvalue weighted by Crippen LogP contribution is 2.25. The average molecular weight is 311 g/mol. The maximum absolute atomic E-state index is 13.2. The van der Waals surface area contributed by atoms with Crippen LogP contribution in [0.2, 0.25) is 0 Å². The van der Waals surface area contributed by atoms with E-state index in [1.165, 1.54) is 19.2 Å². The molecule has 0 aromatic heterocycles. The van der Waals surface area contributed by atoms with Gasteiger partial charge in [0.05, 0.1) is 17.7 Å². The van der Waals surface area contributed by atoms with Gasteiger partial charge < -0.3 is 9.46 Å². The Morgan fingerprint density at radius 1 is 1.43 bits per heavy atom. The molecule has 0 amide bonds. The van der Waals surface area contributed by atoms with Gasteiger partial charge in [-0.15, -0.1) is 0 Å². The zero-order chi connectivity index (χ0) is 15.8. The van der Waals surface area contributed by atoms with Gasteiger partial charge in [0.25, 0.3) is 0 Å². The van der Waals surface area contributed by atoms with Gasteiger partial charge in [0.1, 0.15) is 12.2 Å². The molecule has 0 heterocycles. The number of rotatable bonds is 7. The molecule has 0 spiro atoms. The maximum Gasteiger partial charge on any atom is 0.313 e. The Balaban J connectivity index is 2.76. The number of carbonyl (C=O) groups excluding carboxylic acids is 2. The summed E-state index contributed by atoms with van der Waals surface area (Å²) in [5.41, 5.74) is 1.45. The first-order valence-electron chi connectivity index (χ1n) is 6.47. The summed E-state index contributed by atoms with van der Waals surface area (Å²) in [6, 6.07) is 4.38. The number of aryl methyl sites for hydroxylation is 1. The first kappa shape index (κ1) is 17.2. The standard InChI is InChI=1S/C15H18FNO3S/c1-4-5-14(13(18)9-15(19)20-3)21-17-12-8-11(16)7-6-10(12)2/h5-8,17H,4,9H2,1-3H3/b14-5-. The number of carbonyl (C=O) groups is 2. The monoisotopic (exact) mass is 311 g/mol. The smallest absolute Gasteiger partial charge is 0.313 e. The number of allylic oxidation sites excluding steroid dienone is 2. The second-order valence-corrected chi connectivity index (χ2v) is 5.16. The van der Waals surface area contributed by atoms with E-state index in [1.54, 1.807) is 12.1 Å². The quantitative estimate of drug-likeness (QED) is 0.361. The van der Waals surface area contributed by atoms with E-state index in [0.717, 1.165) is 17.5 Å². The predicted octanol–water partition coefficient (Wildman–Crippen LogP) is 3.62. The number of hydrogen-bond acceptors (Lipinski definition) is 5. The van der Waals surface area contributed by atoms with Crippen molar-refractivity contribution in [2.75, 3.05) is 11.8 Å². The van der Waals surface area contributed by atoms with Crippen LogP contribution in [0.25, 0.3) is 0 Å². The highest BCUT2D eigenvalue weighted by Gasteiger charge is 2.15. The number of nitrogens with one attached hydrogen (secondary N) is 1. The summed E-state index contributed by atoms with van der Waals surface area (Å²) in [5.74, 6) is -1.26. The molecule has 1 rings (SSSR count). The summed E-state index contributed by atoms with van der Waals surface area (Å²) in [6.07, 6.45) is 2.07. The number of Topliss-reactive ketones (excluding diaryl/α,β-unsaturated/α-hetero) is 1. The summed E-state index contributed by atoms with van der Waals surface area (Å²) in [7, 11) is 1.24. The second-order valence-electron chi connectivity index (χ2n) is 4.32. The maximum atomic E-state index is 13.2. The van der Waals surface area contributed by atoms with Gasteiger partial charge in [0, 0.05) is 0 Å². The zero-order valence-corrected chi connectivity index (χ0v) is 13.1. The third kappa shape index (κ3) is 5.59. The van der Waals surface area contributed by atoms with Gasteiger partial charge in [-0.3, -0.25) is 9.59 Å². The van der Waals surface area contributed by atoms with Crippen LogP contribution in [-0.2, 0) is 14.3 Å². The number of halogens is 1. The normalized spacial score (nSPS) is 11.1. The third-order valence-electron chi connectivity index (χ3n) is 2.67. The Morgan fingerprint density at radius 2 is 2.14 bits per heavy atom. The largest absolute Gasteiger partial charge is 0.469 e. The first-order valence-corrected chi connectivity index (χ1v) is 7.28. The lowest BCUT2D eigenvalue weighted by Gasteiger charge is -2.10. The Morgan fingerprint density at radius 3 is 2.76 bits per heavy atom. The molecule has 114 valence electrons. The van der Waals surface area contributed by atoms with E-state index >= 15 is 0 Å². The van der Waals surface area contributed by atoms with E-state index in [2.05, 4.69) is 9.46 Å². The second kappa shape index (κ2) is 8.46. The van der Waals surface area contributed by atoms with Gasteiger partial charge in [-0.1, -0.05) is 19.1 Å². The Hall–Kier alpha value is -1.82. The van der Waals surface area contributed by atoms with Gasteiger partial charge in [-0.05, 0) is 43.0 Å². The fourth-order valence-corrected chi connectivity index (χ4v) is 2.38. The van der Waals surface area contributed by atoms with Crippen LogP contribution < -0.4 is 4.72 Å². The van der Waals surface area contributed by atoms with Crippen LogP contribution in [0, 0.1) is 12.7 Å². The van der Waals surface area contributed by atoms with Gasteiger partial charge in [-0.25, -0.2) is 4.39 Å². The molecule has 0 saturated heterocycles. The Kier molecular flexibility index (Phi) is 6.94. The molecule has 0 saturated carbocycles. The van der Waals surface area contributed by atoms with Crippen molar-refractivity contribution >= 4 is 29.4 Å². The van der Waals surface area contributed by atoms with E-state index in [1.807, 2.05) is 13.8 Å². The van der Waals surface area contributed by atoms with E-state index < -0.39 is 5.97 Å². The highest BCUT2D eigenvalue weighted by molar-refractivity contribution is 8.05. The molecule has 6 heteroatoms. The minimum atomic E-state index is -0.579. The fourth-order valence-electron chi connectivity index (χ4n) is 1.50. The molecule has 1 aromatic carbocycles. The van der Waals surface area contributed by atoms with Gasteiger partial charge in [-0.2, -0.15) is 0 Å². The number of hydrogen-bond donors (Lipinski definition) is 1. The Labute approximate surface area is 127 Å². The molecule has 0 radical (unpaired) electrons. The number of esters is 1. The fraction of sp³-hybridized carbons (Fsp3) is 0.333. The first-order chi connectivity index (χ1) is 9.97. The minimum absolute atomic E-state index is 0.306. The molecule has 0 atom stereocenters. The van der Waals surface area contributed by atoms with Crippen molar-refractivity contribution in [1.82, 2.24) is 0 Å². The van der Waals surface area contributed by atoms with E-state index in [4.69, 9.17) is 0 Å². The molecular weight excluding hydrogens is 293 g/mol. The number of ether oxygens (including phenoxy) is 1. The van der Waals surface area contributed by atoms with Crippen LogP contribution in [0.3, 0.4) is 0 Å². The van der Waals surface area contributed by atoms with Crippen LogP contribution in [0.4, 0.5) is 10.1 Å². The van der Waals surface area contributed by atoms with Gasteiger partial charge >= 0.3 is 5.97 Å². The summed E-state index contributed by atoms with van der Waals surface area (Å²) in [6.45, 7) is 3.72. The lowest BCUT2D eigenvalue weighted by Crippen LogP contribution is -2.11. The molecule has 1 aromatic rings. The van der Waals surface area contributed by atoms with Crippen molar-refractivity contribution in [2.24, 2.45) is 0 Å². The van der Waals surface area contributed by atoms with E-state index in [-0.39, 0.29) is 18.0 Å². The van der Waals surface area contributed by atoms with Crippen LogP contribution in [0.5, 0.6) is 0 Å². The minimum Gasteiger partial charge on any atom is -0.469 e. The van der Waals surface area contributed by atoms with Crippen LogP contribution in [0.1, 0.15) is 25.3 Å². The zero-order valence-electron chi connectivity index (χ0n) is 12.2. The SMILES string of the molecule is CC/C=C(\SNc1cc(F)ccc1C)C(=O)CC(=O)OC. The number of anilines is 1. The van der Waals surface area contributed by atoms with Gasteiger partial charge in [0.15, 0.2) is 5.78 Å². The van der Waals surface area contributed by atoms with Crippen molar-refractivity contribution in [3.8, 4) is 0 Å². The van der Waals surface area contributed by atoms with E-state index in [0.29, 0.717) is 17.0 Å². The van der Waals surface area contributed by atoms with Gasteiger partial charge in [0.2, 0.25) is 0 Å². The molecule has 0 fully saturated rings. The summed E-state index contributed by atoms with van der Waals surface area (Å²) >= 11 is 1.07. The molecule has 0 aliphatic carbocycles. The van der Waals surface area contributed by atoms with E-state index in [9.17, 15) is 14.0 Å². The number of methoxy groups -OCH3 is 1. The average Bonchev–Trinajstić information content (AvgIpc) is 2.46. The topological polar surface area (TPSA) is 55.4 Å². The molecule has 0 aliphatic heterocycles. The predicted molar refractivity (Wildman–Crippen MR) is 82.4 cm³/mol. The Bertz CT molecular complexity index is 558. The molecule has 0 bridgehead atoms. The summed E-state index contributed by atoms with van der Waals surface area (Å²) < 4.78 is 20.6. The molecule has 0 unspecified atom stereocenters. The van der Waals surface area contributed by atoms with Crippen molar-refractivity contribution in [2.45, 2.75) is 26.7 Å². The molecule has 1 N–H and O–H groups in total. The van der Waals surface area contributed by atoms with Crippen molar-refractivity contribution in [1.29, 1.82) is 0 Å². The van der Waals surface area contributed by atoms with Crippen LogP contribution >= 0.6 is 11.9 Å². The molecule has 0 aliphatic rings. The van der Waals surface area contributed by atoms with Crippen LogP contribution in [0.15, 0.2) is 29.2 Å². The molecule has 4 nitrogen and oxygen atoms in total. The highest BCUT2D eigenvalue weighted by atomic mass is 32.2. The summed E-state index contributed by atoms with van der Waals surface area (Å²) in [5, 5.41) is 0. The van der Waals surface area contributed by atoms with Crippen molar-refractivity contribution in [3.63, 3.8) is 0 Å². The summed E-state index contributed by atoms with van der Waals surface area (Å²) in [4.78, 5) is 23.5. The lowest BCUT2D eigenvalue weighted by atomic mass is 10.2.